The maximum atomic E-state index is 11.7. The summed E-state index contributed by atoms with van der Waals surface area (Å²) in [4.78, 5) is 0. The number of rotatable bonds is 6. The Morgan fingerprint density at radius 1 is 1.16 bits per heavy atom. The van der Waals surface area contributed by atoms with E-state index in [1.807, 2.05) is 36.4 Å². The normalized spacial score (nSPS) is 19.9. The number of ether oxygens (including phenoxy) is 1. The molecular weight excluding hydrogens is 336 g/mol. The Kier molecular flexibility index (Phi) is 5.42. The van der Waals surface area contributed by atoms with E-state index in [1.54, 1.807) is 6.92 Å². The fourth-order valence-corrected chi connectivity index (χ4v) is 3.68. The van der Waals surface area contributed by atoms with Crippen molar-refractivity contribution in [2.24, 2.45) is 5.73 Å². The number of nitrogens with two attached hydrogens (primary N) is 1. The van der Waals surface area contributed by atoms with Crippen molar-refractivity contribution in [2.45, 2.75) is 31.8 Å². The molecule has 1 aliphatic heterocycles. The van der Waals surface area contributed by atoms with Crippen molar-refractivity contribution >= 4 is 10.0 Å². The molecule has 2 aromatic carbocycles. The standard InChI is InChI=1S/C19H24N2O3S/c1-2-25(22,23)21-12-15-8-9-19-17(11-15)16(18(20)13-24-19)10-14-6-4-3-5-7-14/h3-9,11,16,18,21H,2,10,12-13,20H2,1H3. The third kappa shape index (κ3) is 4.39. The molecule has 25 heavy (non-hydrogen) atoms. The molecule has 0 amide bonds. The van der Waals surface area contributed by atoms with E-state index in [9.17, 15) is 8.42 Å². The number of fused-ring (bicyclic) bond motifs is 1. The van der Waals surface area contributed by atoms with Crippen LogP contribution in [-0.2, 0) is 23.0 Å². The molecule has 2 aromatic rings. The van der Waals surface area contributed by atoms with Gasteiger partial charge in [0.05, 0.1) is 5.75 Å². The third-order valence-corrected chi connectivity index (χ3v) is 5.94. The molecule has 3 N–H and O–H groups in total. The van der Waals surface area contributed by atoms with Crippen LogP contribution in [0.2, 0.25) is 0 Å². The van der Waals surface area contributed by atoms with E-state index < -0.39 is 10.0 Å². The minimum atomic E-state index is -3.22. The molecule has 0 saturated heterocycles. The van der Waals surface area contributed by atoms with Gasteiger partial charge in [-0.15, -0.1) is 0 Å². The highest BCUT2D eigenvalue weighted by Gasteiger charge is 2.28. The molecule has 2 unspecified atom stereocenters. The molecule has 1 heterocycles. The second-order valence-corrected chi connectivity index (χ2v) is 8.46. The average Bonchev–Trinajstić information content (AvgIpc) is 2.63. The number of hydrogen-bond donors (Lipinski definition) is 2. The van der Waals surface area contributed by atoms with Crippen molar-refractivity contribution in [3.05, 3.63) is 65.2 Å². The van der Waals surface area contributed by atoms with Crippen LogP contribution in [0.15, 0.2) is 48.5 Å². The molecule has 0 aromatic heterocycles. The van der Waals surface area contributed by atoms with Crippen LogP contribution in [0.4, 0.5) is 0 Å². The van der Waals surface area contributed by atoms with Gasteiger partial charge in [-0.2, -0.15) is 0 Å². The van der Waals surface area contributed by atoms with E-state index in [2.05, 4.69) is 16.9 Å². The van der Waals surface area contributed by atoms with Crippen molar-refractivity contribution < 1.29 is 13.2 Å². The first-order chi connectivity index (χ1) is 12.0. The molecule has 3 rings (SSSR count). The van der Waals surface area contributed by atoms with Crippen LogP contribution in [0.3, 0.4) is 0 Å². The van der Waals surface area contributed by atoms with Crippen LogP contribution >= 0.6 is 0 Å². The van der Waals surface area contributed by atoms with Crippen molar-refractivity contribution in [2.75, 3.05) is 12.4 Å². The maximum Gasteiger partial charge on any atom is 0.211 e. The molecule has 0 spiro atoms. The average molecular weight is 360 g/mol. The Balaban J connectivity index is 1.84. The second-order valence-electron chi connectivity index (χ2n) is 6.37. The van der Waals surface area contributed by atoms with Gasteiger partial charge in [-0.25, -0.2) is 13.1 Å². The number of benzene rings is 2. The largest absolute Gasteiger partial charge is 0.492 e. The first-order valence-corrected chi connectivity index (χ1v) is 10.2. The van der Waals surface area contributed by atoms with Crippen molar-refractivity contribution in [1.82, 2.24) is 4.72 Å². The van der Waals surface area contributed by atoms with E-state index in [4.69, 9.17) is 10.5 Å². The summed E-state index contributed by atoms with van der Waals surface area (Å²) >= 11 is 0. The maximum absolute atomic E-state index is 11.7. The molecule has 1 aliphatic rings. The third-order valence-electron chi connectivity index (χ3n) is 4.60. The summed E-state index contributed by atoms with van der Waals surface area (Å²) < 4.78 is 31.7. The monoisotopic (exact) mass is 360 g/mol. The van der Waals surface area contributed by atoms with E-state index >= 15 is 0 Å². The van der Waals surface area contributed by atoms with E-state index in [1.165, 1.54) is 5.56 Å². The van der Waals surface area contributed by atoms with Gasteiger partial charge >= 0.3 is 0 Å². The van der Waals surface area contributed by atoms with Crippen LogP contribution in [0.25, 0.3) is 0 Å². The van der Waals surface area contributed by atoms with Gasteiger partial charge < -0.3 is 10.5 Å². The lowest BCUT2D eigenvalue weighted by Gasteiger charge is -2.32. The number of hydrogen-bond acceptors (Lipinski definition) is 4. The highest BCUT2D eigenvalue weighted by molar-refractivity contribution is 7.89. The fraction of sp³-hybridized carbons (Fsp3) is 0.368. The Bertz CT molecular complexity index is 822. The van der Waals surface area contributed by atoms with Gasteiger partial charge in [0.25, 0.3) is 0 Å². The lowest BCUT2D eigenvalue weighted by molar-refractivity contribution is 0.238. The number of nitrogens with one attached hydrogen (secondary N) is 1. The molecule has 2 atom stereocenters. The van der Waals surface area contributed by atoms with Crippen LogP contribution in [0.5, 0.6) is 5.75 Å². The molecule has 0 saturated carbocycles. The minimum Gasteiger partial charge on any atom is -0.492 e. The summed E-state index contributed by atoms with van der Waals surface area (Å²) in [5.74, 6) is 1.06. The lowest BCUT2D eigenvalue weighted by atomic mass is 9.84. The summed E-state index contributed by atoms with van der Waals surface area (Å²) in [5.41, 5.74) is 9.51. The predicted octanol–water partition coefficient (Wildman–Crippen LogP) is 2.17. The van der Waals surface area contributed by atoms with Gasteiger partial charge in [0.2, 0.25) is 10.0 Å². The highest BCUT2D eigenvalue weighted by Crippen LogP contribution is 2.36. The predicted molar refractivity (Wildman–Crippen MR) is 99.1 cm³/mol. The van der Waals surface area contributed by atoms with Gasteiger partial charge in [-0.1, -0.05) is 42.5 Å². The Morgan fingerprint density at radius 3 is 2.64 bits per heavy atom. The summed E-state index contributed by atoms with van der Waals surface area (Å²) in [5, 5.41) is 0. The van der Waals surface area contributed by atoms with Crippen LogP contribution in [0.1, 0.15) is 29.5 Å². The Hall–Kier alpha value is -1.89. The molecule has 5 nitrogen and oxygen atoms in total. The molecule has 6 heteroatoms. The van der Waals surface area contributed by atoms with Crippen LogP contribution in [-0.4, -0.2) is 26.8 Å². The molecule has 0 fully saturated rings. The summed E-state index contributed by atoms with van der Waals surface area (Å²) in [7, 11) is -3.22. The zero-order valence-corrected chi connectivity index (χ0v) is 15.1. The van der Waals surface area contributed by atoms with E-state index in [0.717, 1.165) is 23.3 Å². The molecule has 134 valence electrons. The SMILES string of the molecule is CCS(=O)(=O)NCc1ccc2c(c1)C(Cc1ccccc1)C(N)CO2. The summed E-state index contributed by atoms with van der Waals surface area (Å²) in [6.45, 7) is 2.39. The van der Waals surface area contributed by atoms with E-state index in [-0.39, 0.29) is 24.3 Å². The Morgan fingerprint density at radius 2 is 1.92 bits per heavy atom. The zero-order chi connectivity index (χ0) is 17.9. The highest BCUT2D eigenvalue weighted by atomic mass is 32.2. The van der Waals surface area contributed by atoms with Gasteiger partial charge in [0.15, 0.2) is 0 Å². The minimum absolute atomic E-state index is 0.0720. The molecule has 0 bridgehead atoms. The quantitative estimate of drug-likeness (QED) is 0.827. The van der Waals surface area contributed by atoms with Gasteiger partial charge in [0, 0.05) is 18.5 Å². The van der Waals surface area contributed by atoms with E-state index in [0.29, 0.717) is 6.61 Å². The van der Waals surface area contributed by atoms with Gasteiger partial charge in [-0.3, -0.25) is 0 Å². The van der Waals surface area contributed by atoms with Gasteiger partial charge in [-0.05, 0) is 36.1 Å². The molecule has 0 aliphatic carbocycles. The number of sulfonamides is 1. The first-order valence-electron chi connectivity index (χ1n) is 8.51. The second kappa shape index (κ2) is 7.56. The molecular formula is C19H24N2O3S. The fourth-order valence-electron chi connectivity index (χ4n) is 3.09. The Labute approximate surface area is 149 Å². The smallest absolute Gasteiger partial charge is 0.211 e. The topological polar surface area (TPSA) is 81.4 Å². The summed E-state index contributed by atoms with van der Waals surface area (Å²) in [6.07, 6.45) is 0.836. The van der Waals surface area contributed by atoms with Crippen molar-refractivity contribution in [3.63, 3.8) is 0 Å². The summed E-state index contributed by atoms with van der Waals surface area (Å²) in [6, 6.07) is 16.0. The van der Waals surface area contributed by atoms with Crippen molar-refractivity contribution in [3.8, 4) is 5.75 Å². The molecule has 0 radical (unpaired) electrons. The van der Waals surface area contributed by atoms with Crippen LogP contribution < -0.4 is 15.2 Å². The zero-order valence-electron chi connectivity index (χ0n) is 14.3. The van der Waals surface area contributed by atoms with Crippen molar-refractivity contribution in [1.29, 1.82) is 0 Å². The van der Waals surface area contributed by atoms with Gasteiger partial charge in [0.1, 0.15) is 12.4 Å². The van der Waals surface area contributed by atoms with Crippen LogP contribution in [0, 0.1) is 0 Å². The first kappa shape index (κ1) is 17.9. The lowest BCUT2D eigenvalue weighted by Crippen LogP contribution is -2.39.